The summed E-state index contributed by atoms with van der Waals surface area (Å²) in [5, 5.41) is 0.894. The van der Waals surface area contributed by atoms with Crippen molar-refractivity contribution < 1.29 is 4.39 Å². The van der Waals surface area contributed by atoms with Gasteiger partial charge in [0.05, 0.1) is 22.7 Å². The smallest absolute Gasteiger partial charge is 0.293 e. The van der Waals surface area contributed by atoms with Crippen molar-refractivity contribution >= 4 is 21.9 Å². The van der Waals surface area contributed by atoms with E-state index in [9.17, 15) is 9.18 Å². The first-order valence-electron chi connectivity index (χ1n) is 8.09. The molecule has 3 heterocycles. The van der Waals surface area contributed by atoms with Gasteiger partial charge in [0, 0.05) is 30.2 Å². The van der Waals surface area contributed by atoms with E-state index >= 15 is 0 Å². The molecule has 0 atom stereocenters. The Kier molecular flexibility index (Phi) is 3.42. The van der Waals surface area contributed by atoms with Crippen LogP contribution in [0.4, 0.5) is 4.39 Å². The minimum absolute atomic E-state index is 0.0259. The van der Waals surface area contributed by atoms with Crippen LogP contribution in [0.3, 0.4) is 0 Å². The van der Waals surface area contributed by atoms with Crippen molar-refractivity contribution in [2.24, 2.45) is 7.05 Å². The molecule has 0 radical (unpaired) electrons. The molecule has 25 heavy (non-hydrogen) atoms. The molecule has 4 rings (SSSR count). The van der Waals surface area contributed by atoms with Crippen LogP contribution in [0.5, 0.6) is 0 Å². The number of benzene rings is 1. The van der Waals surface area contributed by atoms with Gasteiger partial charge in [-0.2, -0.15) is 4.39 Å². The van der Waals surface area contributed by atoms with Crippen molar-refractivity contribution in [1.29, 1.82) is 0 Å². The highest BCUT2D eigenvalue weighted by Gasteiger charge is 2.17. The number of fused-ring (bicyclic) bond motifs is 3. The fourth-order valence-corrected chi connectivity index (χ4v) is 3.23. The lowest BCUT2D eigenvalue weighted by Gasteiger charge is -2.10. The Balaban J connectivity index is 2.09. The SMILES string of the molecule is CC(C)n1c(=O)n(C)c2cnc3ccc(-c4ccc(F)nc4)cc3c21. The summed E-state index contributed by atoms with van der Waals surface area (Å²) in [5.74, 6) is -0.509. The molecule has 0 aliphatic rings. The van der Waals surface area contributed by atoms with Crippen molar-refractivity contribution in [2.45, 2.75) is 19.9 Å². The van der Waals surface area contributed by atoms with Crippen LogP contribution in [0, 0.1) is 5.95 Å². The molecule has 0 fully saturated rings. The van der Waals surface area contributed by atoms with Gasteiger partial charge in [-0.1, -0.05) is 6.07 Å². The highest BCUT2D eigenvalue weighted by atomic mass is 19.1. The van der Waals surface area contributed by atoms with Crippen molar-refractivity contribution in [2.75, 3.05) is 0 Å². The lowest BCUT2D eigenvalue weighted by atomic mass is 10.0. The molecular weight excluding hydrogens is 319 g/mol. The van der Waals surface area contributed by atoms with Crippen molar-refractivity contribution in [3.05, 3.63) is 59.2 Å². The van der Waals surface area contributed by atoms with E-state index in [-0.39, 0.29) is 11.7 Å². The van der Waals surface area contributed by atoms with Crippen LogP contribution in [-0.2, 0) is 7.05 Å². The summed E-state index contributed by atoms with van der Waals surface area (Å²) in [4.78, 5) is 20.8. The molecule has 0 spiro atoms. The first kappa shape index (κ1) is 15.5. The Hall–Kier alpha value is -3.02. The van der Waals surface area contributed by atoms with Gasteiger partial charge >= 0.3 is 5.69 Å². The summed E-state index contributed by atoms with van der Waals surface area (Å²) in [5.41, 5.74) is 4.13. The molecule has 0 aliphatic carbocycles. The molecule has 0 N–H and O–H groups in total. The summed E-state index contributed by atoms with van der Waals surface area (Å²) in [7, 11) is 1.75. The van der Waals surface area contributed by atoms with Gasteiger partial charge < -0.3 is 0 Å². The zero-order chi connectivity index (χ0) is 17.7. The second-order valence-corrected chi connectivity index (χ2v) is 6.40. The monoisotopic (exact) mass is 336 g/mol. The summed E-state index contributed by atoms with van der Waals surface area (Å²) in [6.45, 7) is 3.97. The minimum Gasteiger partial charge on any atom is -0.293 e. The number of imidazole rings is 1. The summed E-state index contributed by atoms with van der Waals surface area (Å²) >= 11 is 0. The first-order chi connectivity index (χ1) is 12.0. The topological polar surface area (TPSA) is 52.7 Å². The second-order valence-electron chi connectivity index (χ2n) is 6.40. The van der Waals surface area contributed by atoms with Crippen LogP contribution < -0.4 is 5.69 Å². The van der Waals surface area contributed by atoms with Crippen LogP contribution in [0.1, 0.15) is 19.9 Å². The first-order valence-corrected chi connectivity index (χ1v) is 8.09. The summed E-state index contributed by atoms with van der Waals surface area (Å²) in [6, 6.07) is 8.88. The van der Waals surface area contributed by atoms with E-state index in [1.807, 2.05) is 32.0 Å². The largest absolute Gasteiger partial charge is 0.329 e. The van der Waals surface area contributed by atoms with E-state index in [0.717, 1.165) is 33.1 Å². The number of pyridine rings is 2. The van der Waals surface area contributed by atoms with Gasteiger partial charge in [-0.3, -0.25) is 14.1 Å². The van der Waals surface area contributed by atoms with Crippen LogP contribution in [-0.4, -0.2) is 19.1 Å². The third-order valence-electron chi connectivity index (χ3n) is 4.49. The highest BCUT2D eigenvalue weighted by Crippen LogP contribution is 2.29. The highest BCUT2D eigenvalue weighted by molar-refractivity contribution is 6.04. The van der Waals surface area contributed by atoms with E-state index in [4.69, 9.17) is 0 Å². The molecule has 0 saturated heterocycles. The molecule has 0 amide bonds. The van der Waals surface area contributed by atoms with Crippen molar-refractivity contribution in [3.63, 3.8) is 0 Å². The quantitative estimate of drug-likeness (QED) is 0.525. The molecule has 4 aromatic rings. The molecular formula is C19H17FN4O. The van der Waals surface area contributed by atoms with Gasteiger partial charge in [0.15, 0.2) is 0 Å². The number of nitrogens with zero attached hydrogens (tertiary/aromatic N) is 4. The van der Waals surface area contributed by atoms with Gasteiger partial charge in [-0.15, -0.1) is 0 Å². The van der Waals surface area contributed by atoms with Gasteiger partial charge in [0.25, 0.3) is 0 Å². The lowest BCUT2D eigenvalue weighted by molar-refractivity contribution is 0.583. The molecule has 0 bridgehead atoms. The van der Waals surface area contributed by atoms with Crippen LogP contribution in [0.15, 0.2) is 47.5 Å². The molecule has 126 valence electrons. The average Bonchev–Trinajstić information content (AvgIpc) is 2.87. The van der Waals surface area contributed by atoms with Crippen LogP contribution in [0.25, 0.3) is 33.1 Å². The number of rotatable bonds is 2. The van der Waals surface area contributed by atoms with Crippen LogP contribution in [0.2, 0.25) is 0 Å². The van der Waals surface area contributed by atoms with E-state index in [1.165, 1.54) is 12.3 Å². The third kappa shape index (κ3) is 2.33. The third-order valence-corrected chi connectivity index (χ3v) is 4.49. The normalized spacial score (nSPS) is 11.7. The number of aryl methyl sites for hydroxylation is 1. The standard InChI is InChI=1S/C19H17FN4O/c1-11(2)24-18-14-8-12(13-5-7-17(20)22-9-13)4-6-15(14)21-10-16(18)23(3)19(24)25/h4-11H,1-3H3. The van der Waals surface area contributed by atoms with Gasteiger partial charge in [0.1, 0.15) is 0 Å². The zero-order valence-electron chi connectivity index (χ0n) is 14.2. The molecule has 3 aromatic heterocycles. The Morgan fingerprint density at radius 2 is 1.80 bits per heavy atom. The minimum atomic E-state index is -0.509. The molecule has 0 saturated carbocycles. The van der Waals surface area contributed by atoms with Crippen molar-refractivity contribution in [3.8, 4) is 11.1 Å². The zero-order valence-corrected chi connectivity index (χ0v) is 14.2. The Morgan fingerprint density at radius 1 is 1.04 bits per heavy atom. The Labute approximate surface area is 143 Å². The fraction of sp³-hybridized carbons (Fsp3) is 0.211. The van der Waals surface area contributed by atoms with E-state index in [1.54, 1.807) is 28.4 Å². The van der Waals surface area contributed by atoms with Gasteiger partial charge in [0.2, 0.25) is 5.95 Å². The van der Waals surface area contributed by atoms with Gasteiger partial charge in [-0.25, -0.2) is 9.78 Å². The fourth-order valence-electron chi connectivity index (χ4n) is 3.23. The summed E-state index contributed by atoms with van der Waals surface area (Å²) < 4.78 is 16.5. The van der Waals surface area contributed by atoms with E-state index < -0.39 is 5.95 Å². The molecule has 1 aromatic carbocycles. The maximum absolute atomic E-state index is 13.1. The maximum Gasteiger partial charge on any atom is 0.329 e. The number of halogens is 1. The van der Waals surface area contributed by atoms with Gasteiger partial charge in [-0.05, 0) is 43.7 Å². The predicted octanol–water partition coefficient (Wildman–Crippen LogP) is 3.67. The average molecular weight is 336 g/mol. The maximum atomic E-state index is 13.1. The second kappa shape index (κ2) is 5.51. The number of aromatic nitrogens is 4. The lowest BCUT2D eigenvalue weighted by Crippen LogP contribution is -2.23. The van der Waals surface area contributed by atoms with Crippen LogP contribution >= 0.6 is 0 Å². The van der Waals surface area contributed by atoms with E-state index in [2.05, 4.69) is 9.97 Å². The molecule has 0 aliphatic heterocycles. The van der Waals surface area contributed by atoms with Crippen molar-refractivity contribution in [1.82, 2.24) is 19.1 Å². The Bertz CT molecular complexity index is 1160. The number of hydrogen-bond acceptors (Lipinski definition) is 3. The Morgan fingerprint density at radius 3 is 2.48 bits per heavy atom. The molecule has 0 unspecified atom stereocenters. The van der Waals surface area contributed by atoms with E-state index in [0.29, 0.717) is 0 Å². The predicted molar refractivity (Wildman–Crippen MR) is 96.1 cm³/mol. The molecule has 6 heteroatoms. The molecule has 5 nitrogen and oxygen atoms in total. The summed E-state index contributed by atoms with van der Waals surface area (Å²) in [6.07, 6.45) is 3.24. The number of hydrogen-bond donors (Lipinski definition) is 0.